The highest BCUT2D eigenvalue weighted by Gasteiger charge is 2.13. The van der Waals surface area contributed by atoms with Gasteiger partial charge in [-0.25, -0.2) is 0 Å². The van der Waals surface area contributed by atoms with Crippen LogP contribution < -0.4 is 5.32 Å². The Morgan fingerprint density at radius 2 is 2.19 bits per heavy atom. The molecular formula is C16H21N3O2. The van der Waals surface area contributed by atoms with Gasteiger partial charge >= 0.3 is 0 Å². The van der Waals surface area contributed by atoms with E-state index in [1.165, 1.54) is 0 Å². The summed E-state index contributed by atoms with van der Waals surface area (Å²) in [5.74, 6) is 0.561. The van der Waals surface area contributed by atoms with Gasteiger partial charge in [-0.05, 0) is 37.3 Å². The van der Waals surface area contributed by atoms with Crippen LogP contribution in [-0.2, 0) is 12.8 Å². The van der Waals surface area contributed by atoms with Crippen LogP contribution in [0.3, 0.4) is 0 Å². The lowest BCUT2D eigenvalue weighted by molar-refractivity contribution is 0.0916. The molecule has 0 saturated carbocycles. The van der Waals surface area contributed by atoms with Crippen LogP contribution in [0.5, 0.6) is 0 Å². The topological polar surface area (TPSA) is 68.0 Å². The van der Waals surface area contributed by atoms with E-state index in [0.29, 0.717) is 12.5 Å². The Bertz CT molecular complexity index is 564. The molecule has 0 radical (unpaired) electrons. The Kier molecular flexibility index (Phi) is 5.49. The number of pyridine rings is 1. The number of hydrogen-bond acceptors (Lipinski definition) is 4. The SMILES string of the molecule is CC(C)Cc1cc(C(=O)NCCCc2ccccn2)on1. The number of amides is 1. The second kappa shape index (κ2) is 7.57. The standard InChI is InChI=1S/C16H21N3O2/c1-12(2)10-14-11-15(21-19-14)16(20)18-9-5-7-13-6-3-4-8-17-13/h3-4,6,8,11-12H,5,7,9-10H2,1-2H3,(H,18,20). The molecule has 0 aliphatic heterocycles. The molecule has 1 amide bonds. The first-order valence-electron chi connectivity index (χ1n) is 7.29. The third-order valence-corrected chi connectivity index (χ3v) is 3.02. The molecule has 0 saturated heterocycles. The number of rotatable bonds is 7. The molecule has 0 aromatic carbocycles. The number of aryl methyl sites for hydroxylation is 1. The Morgan fingerprint density at radius 3 is 2.90 bits per heavy atom. The van der Waals surface area contributed by atoms with Gasteiger partial charge in [-0.15, -0.1) is 0 Å². The Labute approximate surface area is 124 Å². The molecular weight excluding hydrogens is 266 g/mol. The molecule has 0 unspecified atom stereocenters. The molecule has 2 rings (SSSR count). The fourth-order valence-electron chi connectivity index (χ4n) is 2.04. The third kappa shape index (κ3) is 5.02. The van der Waals surface area contributed by atoms with Crippen molar-refractivity contribution in [2.75, 3.05) is 6.54 Å². The van der Waals surface area contributed by atoms with Crippen molar-refractivity contribution < 1.29 is 9.32 Å². The molecule has 5 heteroatoms. The van der Waals surface area contributed by atoms with Crippen molar-refractivity contribution in [3.8, 4) is 0 Å². The van der Waals surface area contributed by atoms with Gasteiger partial charge in [0.15, 0.2) is 0 Å². The summed E-state index contributed by atoms with van der Waals surface area (Å²) in [6, 6.07) is 7.56. The summed E-state index contributed by atoms with van der Waals surface area (Å²) in [5.41, 5.74) is 1.86. The van der Waals surface area contributed by atoms with Gasteiger partial charge in [0.2, 0.25) is 5.76 Å². The molecule has 2 aromatic heterocycles. The lowest BCUT2D eigenvalue weighted by Gasteiger charge is -2.02. The first kappa shape index (κ1) is 15.2. The van der Waals surface area contributed by atoms with Gasteiger partial charge in [0.25, 0.3) is 5.91 Å². The maximum absolute atomic E-state index is 11.9. The quantitative estimate of drug-likeness (QED) is 0.795. The van der Waals surface area contributed by atoms with E-state index in [2.05, 4.69) is 29.3 Å². The van der Waals surface area contributed by atoms with Gasteiger partial charge in [-0.3, -0.25) is 9.78 Å². The highest BCUT2D eigenvalue weighted by Crippen LogP contribution is 2.09. The molecule has 21 heavy (non-hydrogen) atoms. The zero-order valence-electron chi connectivity index (χ0n) is 12.5. The summed E-state index contributed by atoms with van der Waals surface area (Å²) in [6.07, 6.45) is 4.28. The highest BCUT2D eigenvalue weighted by molar-refractivity contribution is 5.91. The second-order valence-electron chi connectivity index (χ2n) is 5.46. The summed E-state index contributed by atoms with van der Waals surface area (Å²) in [6.45, 7) is 4.80. The van der Waals surface area contributed by atoms with Crippen molar-refractivity contribution in [3.05, 3.63) is 47.6 Å². The van der Waals surface area contributed by atoms with Gasteiger partial charge in [0.1, 0.15) is 0 Å². The van der Waals surface area contributed by atoms with E-state index in [1.807, 2.05) is 18.2 Å². The van der Waals surface area contributed by atoms with Crippen molar-refractivity contribution in [1.82, 2.24) is 15.5 Å². The summed E-state index contributed by atoms with van der Waals surface area (Å²) in [4.78, 5) is 16.1. The van der Waals surface area contributed by atoms with Crippen LogP contribution in [-0.4, -0.2) is 22.6 Å². The maximum atomic E-state index is 11.9. The number of nitrogens with zero attached hydrogens (tertiary/aromatic N) is 2. The number of aromatic nitrogens is 2. The number of hydrogen-bond donors (Lipinski definition) is 1. The predicted octanol–water partition coefficient (Wildman–Crippen LogP) is 2.63. The largest absolute Gasteiger partial charge is 0.351 e. The monoisotopic (exact) mass is 287 g/mol. The average molecular weight is 287 g/mol. The molecule has 0 aliphatic carbocycles. The summed E-state index contributed by atoms with van der Waals surface area (Å²) in [7, 11) is 0. The van der Waals surface area contributed by atoms with Gasteiger partial charge in [0.05, 0.1) is 5.69 Å². The van der Waals surface area contributed by atoms with E-state index in [1.54, 1.807) is 12.3 Å². The second-order valence-corrected chi connectivity index (χ2v) is 5.46. The zero-order valence-corrected chi connectivity index (χ0v) is 12.5. The van der Waals surface area contributed by atoms with Crippen LogP contribution in [0.25, 0.3) is 0 Å². The van der Waals surface area contributed by atoms with E-state index >= 15 is 0 Å². The molecule has 2 aromatic rings. The molecule has 1 N–H and O–H groups in total. The highest BCUT2D eigenvalue weighted by atomic mass is 16.5. The first-order chi connectivity index (χ1) is 10.1. The van der Waals surface area contributed by atoms with Crippen molar-refractivity contribution >= 4 is 5.91 Å². The van der Waals surface area contributed by atoms with Gasteiger partial charge < -0.3 is 9.84 Å². The van der Waals surface area contributed by atoms with Crippen LogP contribution in [0.15, 0.2) is 35.0 Å². The molecule has 0 aliphatic rings. The minimum absolute atomic E-state index is 0.210. The van der Waals surface area contributed by atoms with Crippen LogP contribution in [0.1, 0.15) is 42.2 Å². The molecule has 0 spiro atoms. The summed E-state index contributed by atoms with van der Waals surface area (Å²) < 4.78 is 5.07. The van der Waals surface area contributed by atoms with Crippen LogP contribution in [0, 0.1) is 5.92 Å². The van der Waals surface area contributed by atoms with Crippen molar-refractivity contribution in [2.24, 2.45) is 5.92 Å². The van der Waals surface area contributed by atoms with E-state index in [4.69, 9.17) is 4.52 Å². The maximum Gasteiger partial charge on any atom is 0.289 e. The van der Waals surface area contributed by atoms with Crippen LogP contribution in [0.4, 0.5) is 0 Å². The van der Waals surface area contributed by atoms with Gasteiger partial charge in [0, 0.05) is 24.5 Å². The molecule has 0 bridgehead atoms. The normalized spacial score (nSPS) is 10.8. The van der Waals surface area contributed by atoms with Gasteiger partial charge in [-0.2, -0.15) is 0 Å². The zero-order chi connectivity index (χ0) is 15.1. The molecule has 112 valence electrons. The summed E-state index contributed by atoms with van der Waals surface area (Å²) in [5, 5.41) is 6.74. The fraction of sp³-hybridized carbons (Fsp3) is 0.438. The van der Waals surface area contributed by atoms with E-state index in [-0.39, 0.29) is 11.7 Å². The Hall–Kier alpha value is -2.17. The van der Waals surface area contributed by atoms with E-state index < -0.39 is 0 Å². The molecule has 5 nitrogen and oxygen atoms in total. The molecule has 0 fully saturated rings. The molecule has 2 heterocycles. The van der Waals surface area contributed by atoms with Crippen LogP contribution in [0.2, 0.25) is 0 Å². The summed E-state index contributed by atoms with van der Waals surface area (Å²) >= 11 is 0. The fourth-order valence-corrected chi connectivity index (χ4v) is 2.04. The third-order valence-electron chi connectivity index (χ3n) is 3.02. The average Bonchev–Trinajstić information content (AvgIpc) is 2.92. The minimum atomic E-state index is -0.210. The smallest absolute Gasteiger partial charge is 0.289 e. The van der Waals surface area contributed by atoms with Crippen molar-refractivity contribution in [1.29, 1.82) is 0 Å². The number of carbonyl (C=O) groups is 1. The van der Waals surface area contributed by atoms with E-state index in [0.717, 1.165) is 30.7 Å². The van der Waals surface area contributed by atoms with Crippen molar-refractivity contribution in [2.45, 2.75) is 33.1 Å². The number of carbonyl (C=O) groups excluding carboxylic acids is 1. The predicted molar refractivity (Wildman–Crippen MR) is 79.9 cm³/mol. The first-order valence-corrected chi connectivity index (χ1v) is 7.29. The van der Waals surface area contributed by atoms with Crippen LogP contribution >= 0.6 is 0 Å². The van der Waals surface area contributed by atoms with E-state index in [9.17, 15) is 4.79 Å². The number of nitrogens with one attached hydrogen (secondary N) is 1. The Morgan fingerprint density at radius 1 is 1.33 bits per heavy atom. The minimum Gasteiger partial charge on any atom is -0.351 e. The lowest BCUT2D eigenvalue weighted by atomic mass is 10.1. The van der Waals surface area contributed by atoms with Crippen molar-refractivity contribution in [3.63, 3.8) is 0 Å². The Balaban J connectivity index is 1.73. The lowest BCUT2D eigenvalue weighted by Crippen LogP contribution is -2.24. The molecule has 0 atom stereocenters. The van der Waals surface area contributed by atoms with Gasteiger partial charge in [-0.1, -0.05) is 25.1 Å².